The third-order valence-corrected chi connectivity index (χ3v) is 7.67. The predicted molar refractivity (Wildman–Crippen MR) is 130 cm³/mol. The van der Waals surface area contributed by atoms with Crippen LogP contribution in [0.4, 0.5) is 15.6 Å². The van der Waals surface area contributed by atoms with E-state index in [9.17, 15) is 14.4 Å². The number of carbonyl (C=O) groups is 3. The number of hydrogen-bond donors (Lipinski definition) is 2. The lowest BCUT2D eigenvalue weighted by Gasteiger charge is -2.17. The monoisotopic (exact) mass is 470 g/mol. The van der Waals surface area contributed by atoms with E-state index in [0.717, 1.165) is 23.2 Å². The normalized spacial score (nSPS) is 24.5. The van der Waals surface area contributed by atoms with Gasteiger partial charge in [-0.05, 0) is 36.0 Å². The summed E-state index contributed by atoms with van der Waals surface area (Å²) < 4.78 is 0. The van der Waals surface area contributed by atoms with Crippen molar-refractivity contribution in [2.24, 2.45) is 23.7 Å². The van der Waals surface area contributed by atoms with E-state index in [4.69, 9.17) is 0 Å². The van der Waals surface area contributed by atoms with Crippen LogP contribution in [-0.2, 0) is 16.1 Å². The highest BCUT2D eigenvalue weighted by Gasteiger charge is 2.59. The molecule has 170 valence electrons. The Balaban J connectivity index is 1.06. The summed E-state index contributed by atoms with van der Waals surface area (Å²) in [4.78, 5) is 44.0. The molecule has 2 aromatic carbocycles. The molecule has 2 N–H and O–H groups in total. The average molecular weight is 471 g/mol. The number of amides is 4. The van der Waals surface area contributed by atoms with Crippen molar-refractivity contribution in [3.63, 3.8) is 0 Å². The molecule has 34 heavy (non-hydrogen) atoms. The van der Waals surface area contributed by atoms with Crippen LogP contribution in [0.2, 0.25) is 0 Å². The number of rotatable bonds is 5. The van der Waals surface area contributed by atoms with Gasteiger partial charge in [-0.25, -0.2) is 9.78 Å². The van der Waals surface area contributed by atoms with E-state index in [1.807, 2.05) is 47.8 Å². The van der Waals surface area contributed by atoms with Gasteiger partial charge in [0.1, 0.15) is 0 Å². The standard InChI is InChI=1S/C26H22N4O3S/c31-23-21-17-8-9-18(12-17)22(21)24(32)30(23)19-10-6-15(7-11-19)13-27-25(33)29-26-28-20(14-34-26)16-4-2-1-3-5-16/h1-11,14,17-18,21-22H,12-13H2,(H2,27,28,29,33). The number of fused-ring (bicyclic) bond motifs is 5. The number of hydrogen-bond acceptors (Lipinski definition) is 5. The molecule has 1 aromatic heterocycles. The first kappa shape index (κ1) is 20.8. The summed E-state index contributed by atoms with van der Waals surface area (Å²) in [6, 6.07) is 16.6. The molecule has 4 amide bonds. The Labute approximate surface area is 200 Å². The van der Waals surface area contributed by atoms with Crippen molar-refractivity contribution >= 4 is 40.0 Å². The number of allylic oxidation sites excluding steroid dienone is 2. The fourth-order valence-electron chi connectivity index (χ4n) is 5.32. The Kier molecular flexibility index (Phi) is 5.03. The maximum Gasteiger partial charge on any atom is 0.321 e. The smallest absolute Gasteiger partial charge is 0.321 e. The molecule has 3 aromatic rings. The van der Waals surface area contributed by atoms with Crippen molar-refractivity contribution in [3.05, 3.63) is 77.7 Å². The molecule has 1 aliphatic heterocycles. The van der Waals surface area contributed by atoms with Gasteiger partial charge in [0, 0.05) is 17.5 Å². The first-order valence-corrected chi connectivity index (χ1v) is 12.2. The van der Waals surface area contributed by atoms with Crippen molar-refractivity contribution in [1.82, 2.24) is 10.3 Å². The summed E-state index contributed by atoms with van der Waals surface area (Å²) in [5, 5.41) is 8.00. The lowest BCUT2D eigenvalue weighted by molar-refractivity contribution is -0.123. The van der Waals surface area contributed by atoms with E-state index in [-0.39, 0.29) is 41.5 Å². The number of anilines is 2. The third kappa shape index (κ3) is 3.51. The topological polar surface area (TPSA) is 91.4 Å². The van der Waals surface area contributed by atoms with Gasteiger partial charge in [0.25, 0.3) is 0 Å². The van der Waals surface area contributed by atoms with E-state index in [2.05, 4.69) is 27.8 Å². The Morgan fingerprint density at radius 3 is 2.32 bits per heavy atom. The third-order valence-electron chi connectivity index (χ3n) is 6.91. The molecule has 2 bridgehead atoms. The zero-order valence-corrected chi connectivity index (χ0v) is 19.0. The van der Waals surface area contributed by atoms with Gasteiger partial charge in [-0.3, -0.25) is 19.8 Å². The van der Waals surface area contributed by atoms with Crippen molar-refractivity contribution in [3.8, 4) is 11.3 Å². The van der Waals surface area contributed by atoms with E-state index < -0.39 is 0 Å². The van der Waals surface area contributed by atoms with Crippen LogP contribution in [0, 0.1) is 23.7 Å². The number of imide groups is 1. The first-order chi connectivity index (χ1) is 16.6. The van der Waals surface area contributed by atoms with Crippen LogP contribution in [0.3, 0.4) is 0 Å². The Morgan fingerprint density at radius 2 is 1.65 bits per heavy atom. The fourth-order valence-corrected chi connectivity index (χ4v) is 6.03. The van der Waals surface area contributed by atoms with Crippen LogP contribution < -0.4 is 15.5 Å². The molecule has 4 atom stereocenters. The van der Waals surface area contributed by atoms with Gasteiger partial charge in [0.2, 0.25) is 11.8 Å². The van der Waals surface area contributed by atoms with Crippen LogP contribution in [0.15, 0.2) is 72.1 Å². The minimum Gasteiger partial charge on any atom is -0.334 e. The lowest BCUT2D eigenvalue weighted by atomic mass is 9.85. The second kappa shape index (κ2) is 8.22. The molecular formula is C26H22N4O3S. The predicted octanol–water partition coefficient (Wildman–Crippen LogP) is 4.44. The van der Waals surface area contributed by atoms with Crippen molar-refractivity contribution in [2.45, 2.75) is 13.0 Å². The van der Waals surface area contributed by atoms with Crippen LogP contribution in [0.25, 0.3) is 11.3 Å². The molecule has 3 aliphatic rings. The zero-order valence-electron chi connectivity index (χ0n) is 18.2. The summed E-state index contributed by atoms with van der Waals surface area (Å²) in [7, 11) is 0. The minimum absolute atomic E-state index is 0.0876. The minimum atomic E-state index is -0.348. The van der Waals surface area contributed by atoms with E-state index in [0.29, 0.717) is 17.4 Å². The van der Waals surface area contributed by atoms with E-state index in [1.165, 1.54) is 16.2 Å². The molecule has 8 heteroatoms. The Bertz CT molecular complexity index is 1270. The number of carbonyl (C=O) groups excluding carboxylic acids is 3. The largest absolute Gasteiger partial charge is 0.334 e. The molecule has 0 spiro atoms. The van der Waals surface area contributed by atoms with Crippen LogP contribution >= 0.6 is 11.3 Å². The van der Waals surface area contributed by atoms with Crippen LogP contribution in [-0.4, -0.2) is 22.8 Å². The number of urea groups is 1. The molecule has 6 rings (SSSR count). The molecule has 1 saturated carbocycles. The molecule has 7 nitrogen and oxygen atoms in total. The molecule has 2 fully saturated rings. The van der Waals surface area contributed by atoms with Gasteiger partial charge >= 0.3 is 6.03 Å². The lowest BCUT2D eigenvalue weighted by Crippen LogP contribution is -2.32. The molecule has 4 unspecified atom stereocenters. The highest BCUT2D eigenvalue weighted by atomic mass is 32.1. The summed E-state index contributed by atoms with van der Waals surface area (Å²) in [6.07, 6.45) is 5.10. The van der Waals surface area contributed by atoms with Gasteiger partial charge in [-0.2, -0.15) is 0 Å². The fraction of sp³-hybridized carbons (Fsp3) is 0.231. The molecule has 0 radical (unpaired) electrons. The summed E-state index contributed by atoms with van der Waals surface area (Å²) >= 11 is 1.37. The summed E-state index contributed by atoms with van der Waals surface area (Å²) in [5.41, 5.74) is 3.27. The highest BCUT2D eigenvalue weighted by molar-refractivity contribution is 7.14. The first-order valence-electron chi connectivity index (χ1n) is 11.3. The highest BCUT2D eigenvalue weighted by Crippen LogP contribution is 2.53. The van der Waals surface area contributed by atoms with Gasteiger partial charge in [-0.15, -0.1) is 11.3 Å². The van der Waals surface area contributed by atoms with Gasteiger partial charge < -0.3 is 5.32 Å². The number of nitrogens with zero attached hydrogens (tertiary/aromatic N) is 2. The molecule has 2 heterocycles. The number of thiazole rings is 1. The average Bonchev–Trinajstić information content (AvgIpc) is 3.64. The second-order valence-corrected chi connectivity index (χ2v) is 9.75. The SMILES string of the molecule is O=C(NCc1ccc(N2C(=O)C3C4C=CC(C4)C3C2=O)cc1)Nc1nc(-c2ccccc2)cs1. The van der Waals surface area contributed by atoms with E-state index in [1.54, 1.807) is 12.1 Å². The molecule has 1 saturated heterocycles. The maximum absolute atomic E-state index is 13.0. The number of aromatic nitrogens is 1. The van der Waals surface area contributed by atoms with Crippen LogP contribution in [0.1, 0.15) is 12.0 Å². The van der Waals surface area contributed by atoms with Crippen molar-refractivity contribution in [1.29, 1.82) is 0 Å². The van der Waals surface area contributed by atoms with Gasteiger partial charge in [-0.1, -0.05) is 54.6 Å². The Hall–Kier alpha value is -3.78. The summed E-state index contributed by atoms with van der Waals surface area (Å²) in [6.45, 7) is 0.310. The molecular weight excluding hydrogens is 448 g/mol. The van der Waals surface area contributed by atoms with E-state index >= 15 is 0 Å². The molecule has 2 aliphatic carbocycles. The quantitative estimate of drug-likeness (QED) is 0.426. The van der Waals surface area contributed by atoms with Gasteiger partial charge in [0.05, 0.1) is 23.2 Å². The summed E-state index contributed by atoms with van der Waals surface area (Å²) in [5.74, 6) is -0.201. The van der Waals surface area contributed by atoms with Gasteiger partial charge in [0.15, 0.2) is 5.13 Å². The second-order valence-electron chi connectivity index (χ2n) is 8.89. The van der Waals surface area contributed by atoms with Crippen molar-refractivity contribution in [2.75, 3.05) is 10.2 Å². The van der Waals surface area contributed by atoms with Crippen LogP contribution in [0.5, 0.6) is 0 Å². The number of benzene rings is 2. The van der Waals surface area contributed by atoms with Crippen molar-refractivity contribution < 1.29 is 14.4 Å². The number of nitrogens with one attached hydrogen (secondary N) is 2. The Morgan fingerprint density at radius 1 is 0.971 bits per heavy atom. The maximum atomic E-state index is 13.0. The zero-order chi connectivity index (χ0) is 23.2.